The molecule has 0 saturated carbocycles. The van der Waals surface area contributed by atoms with E-state index >= 15 is 0 Å². The lowest BCUT2D eigenvalue weighted by Gasteiger charge is -2.19. The maximum Gasteiger partial charge on any atom is 0.408 e. The van der Waals surface area contributed by atoms with E-state index in [0.29, 0.717) is 23.4 Å². The van der Waals surface area contributed by atoms with Crippen LogP contribution in [0.25, 0.3) is 0 Å². The van der Waals surface area contributed by atoms with Gasteiger partial charge in [-0.1, -0.05) is 12.1 Å². The summed E-state index contributed by atoms with van der Waals surface area (Å²) in [6.07, 6.45) is -0.925. The van der Waals surface area contributed by atoms with Gasteiger partial charge in [-0.05, 0) is 17.7 Å². The molecule has 0 spiro atoms. The van der Waals surface area contributed by atoms with Gasteiger partial charge in [-0.2, -0.15) is 0 Å². The normalized spacial score (nSPS) is 18.5. The van der Waals surface area contributed by atoms with E-state index in [-0.39, 0.29) is 13.2 Å². The maximum absolute atomic E-state index is 14.1. The SMILES string of the molecule is COc1ccc(COC(=O)N[C@@H]2C(=O)NC[C@H]2c2c(F)cc(F)cc2F)cc1. The fraction of sp³-hybridized carbons (Fsp3) is 0.263. The maximum atomic E-state index is 14.1. The van der Waals surface area contributed by atoms with Crippen LogP contribution in [-0.2, 0) is 16.1 Å². The Labute approximate surface area is 158 Å². The molecule has 1 heterocycles. The quantitative estimate of drug-likeness (QED) is 0.818. The molecule has 0 radical (unpaired) electrons. The molecule has 9 heteroatoms. The number of hydrogen-bond acceptors (Lipinski definition) is 4. The highest BCUT2D eigenvalue weighted by atomic mass is 19.1. The van der Waals surface area contributed by atoms with Crippen molar-refractivity contribution in [3.05, 3.63) is 65.0 Å². The molecule has 2 aromatic rings. The van der Waals surface area contributed by atoms with Crippen LogP contribution in [0.15, 0.2) is 36.4 Å². The van der Waals surface area contributed by atoms with Gasteiger partial charge in [-0.3, -0.25) is 4.79 Å². The average molecular weight is 394 g/mol. The van der Waals surface area contributed by atoms with Crippen LogP contribution in [0.1, 0.15) is 17.0 Å². The van der Waals surface area contributed by atoms with Crippen LogP contribution in [0.4, 0.5) is 18.0 Å². The van der Waals surface area contributed by atoms with E-state index < -0.39 is 47.0 Å². The molecule has 1 fully saturated rings. The minimum atomic E-state index is -1.25. The molecule has 148 valence electrons. The van der Waals surface area contributed by atoms with Crippen molar-refractivity contribution < 1.29 is 32.2 Å². The second kappa shape index (κ2) is 8.20. The van der Waals surface area contributed by atoms with Crippen LogP contribution in [0.3, 0.4) is 0 Å². The molecule has 0 aliphatic carbocycles. The van der Waals surface area contributed by atoms with Gasteiger partial charge >= 0.3 is 6.09 Å². The molecular formula is C19H17F3N2O4. The number of halogens is 3. The predicted molar refractivity (Wildman–Crippen MR) is 92.2 cm³/mol. The summed E-state index contributed by atoms with van der Waals surface area (Å²) in [5, 5.41) is 4.74. The summed E-state index contributed by atoms with van der Waals surface area (Å²) >= 11 is 0. The molecule has 0 aromatic heterocycles. The zero-order valence-corrected chi connectivity index (χ0v) is 14.8. The first-order chi connectivity index (χ1) is 13.4. The molecule has 0 bridgehead atoms. The molecule has 2 amide bonds. The number of benzene rings is 2. The first-order valence-corrected chi connectivity index (χ1v) is 8.37. The topological polar surface area (TPSA) is 76.7 Å². The standard InChI is InChI=1S/C19H17F3N2O4/c1-27-12-4-2-10(3-5-12)9-28-19(26)24-17-13(8-23-18(17)25)16-14(21)6-11(20)7-15(16)22/h2-7,13,17H,8-9H2,1H3,(H,23,25)(H,24,26)/t13-,17-/m0/s1. The molecule has 0 unspecified atom stereocenters. The largest absolute Gasteiger partial charge is 0.497 e. The Hall–Kier alpha value is -3.23. The number of nitrogens with one attached hydrogen (secondary N) is 2. The van der Waals surface area contributed by atoms with E-state index in [2.05, 4.69) is 10.6 Å². The Morgan fingerprint density at radius 1 is 1.18 bits per heavy atom. The summed E-state index contributed by atoms with van der Waals surface area (Å²) in [4.78, 5) is 24.1. The Kier molecular flexibility index (Phi) is 5.72. The van der Waals surface area contributed by atoms with E-state index in [1.54, 1.807) is 24.3 Å². The third-order valence-corrected chi connectivity index (χ3v) is 4.40. The summed E-state index contributed by atoms with van der Waals surface area (Å²) in [7, 11) is 1.52. The van der Waals surface area contributed by atoms with Gasteiger partial charge in [-0.15, -0.1) is 0 Å². The number of rotatable bonds is 5. The van der Waals surface area contributed by atoms with Gasteiger partial charge in [0.2, 0.25) is 5.91 Å². The lowest BCUT2D eigenvalue weighted by Crippen LogP contribution is -2.43. The third-order valence-electron chi connectivity index (χ3n) is 4.40. The van der Waals surface area contributed by atoms with Gasteiger partial charge < -0.3 is 20.1 Å². The second-order valence-electron chi connectivity index (χ2n) is 6.18. The second-order valence-corrected chi connectivity index (χ2v) is 6.18. The fourth-order valence-electron chi connectivity index (χ4n) is 3.00. The van der Waals surface area contributed by atoms with E-state index in [0.717, 1.165) is 0 Å². The summed E-state index contributed by atoms with van der Waals surface area (Å²) in [5.41, 5.74) is 0.208. The van der Waals surface area contributed by atoms with Crippen LogP contribution in [-0.4, -0.2) is 31.7 Å². The van der Waals surface area contributed by atoms with E-state index in [1.165, 1.54) is 7.11 Å². The Morgan fingerprint density at radius 3 is 2.43 bits per heavy atom. The zero-order chi connectivity index (χ0) is 20.3. The van der Waals surface area contributed by atoms with E-state index in [9.17, 15) is 22.8 Å². The third kappa shape index (κ3) is 4.19. The number of carbonyl (C=O) groups is 2. The monoisotopic (exact) mass is 394 g/mol. The minimum Gasteiger partial charge on any atom is -0.497 e. The van der Waals surface area contributed by atoms with E-state index in [4.69, 9.17) is 9.47 Å². The number of ether oxygens (including phenoxy) is 2. The lowest BCUT2D eigenvalue weighted by atomic mass is 9.93. The Balaban J connectivity index is 1.67. The molecule has 1 aliphatic rings. The van der Waals surface area contributed by atoms with Crippen LogP contribution < -0.4 is 15.4 Å². The van der Waals surface area contributed by atoms with Crippen LogP contribution in [0, 0.1) is 17.5 Å². The van der Waals surface area contributed by atoms with Crippen molar-refractivity contribution in [2.24, 2.45) is 0 Å². The number of alkyl carbamates (subject to hydrolysis) is 1. The van der Waals surface area contributed by atoms with Gasteiger partial charge in [0.15, 0.2) is 0 Å². The van der Waals surface area contributed by atoms with Crippen molar-refractivity contribution in [3.63, 3.8) is 0 Å². The Morgan fingerprint density at radius 2 is 1.82 bits per heavy atom. The number of methoxy groups -OCH3 is 1. The first kappa shape index (κ1) is 19.5. The summed E-state index contributed by atoms with van der Waals surface area (Å²) in [6, 6.07) is 6.58. The molecule has 2 N–H and O–H groups in total. The predicted octanol–water partition coefficient (Wildman–Crippen LogP) is 2.62. The number of hydrogen-bond donors (Lipinski definition) is 2. The smallest absolute Gasteiger partial charge is 0.408 e. The van der Waals surface area contributed by atoms with Gasteiger partial charge in [0.05, 0.1) is 7.11 Å². The van der Waals surface area contributed by atoms with Crippen LogP contribution >= 0.6 is 0 Å². The van der Waals surface area contributed by atoms with Crippen LogP contribution in [0.5, 0.6) is 5.75 Å². The van der Waals surface area contributed by atoms with Crippen molar-refractivity contribution in [3.8, 4) is 5.75 Å². The summed E-state index contributed by atoms with van der Waals surface area (Å²) in [5.74, 6) is -4.34. The molecule has 3 rings (SSSR count). The van der Waals surface area contributed by atoms with Crippen molar-refractivity contribution in [2.75, 3.05) is 13.7 Å². The minimum absolute atomic E-state index is 0.0753. The average Bonchev–Trinajstić information content (AvgIpc) is 3.00. The van der Waals surface area contributed by atoms with Crippen molar-refractivity contribution in [2.45, 2.75) is 18.6 Å². The molecule has 2 aromatic carbocycles. The molecule has 6 nitrogen and oxygen atoms in total. The summed E-state index contributed by atoms with van der Waals surface area (Å²) in [6.45, 7) is -0.185. The van der Waals surface area contributed by atoms with Gasteiger partial charge in [0.25, 0.3) is 0 Å². The highest BCUT2D eigenvalue weighted by Crippen LogP contribution is 2.29. The fourth-order valence-corrected chi connectivity index (χ4v) is 3.00. The lowest BCUT2D eigenvalue weighted by molar-refractivity contribution is -0.120. The zero-order valence-electron chi connectivity index (χ0n) is 14.8. The van der Waals surface area contributed by atoms with E-state index in [1.807, 2.05) is 0 Å². The van der Waals surface area contributed by atoms with Gasteiger partial charge in [-0.25, -0.2) is 18.0 Å². The molecule has 1 aliphatic heterocycles. The molecule has 28 heavy (non-hydrogen) atoms. The van der Waals surface area contributed by atoms with Gasteiger partial charge in [0.1, 0.15) is 35.8 Å². The van der Waals surface area contributed by atoms with Crippen molar-refractivity contribution in [1.29, 1.82) is 0 Å². The number of carbonyl (C=O) groups excluding carboxylic acids is 2. The van der Waals surface area contributed by atoms with Gasteiger partial charge in [0, 0.05) is 30.2 Å². The Bertz CT molecular complexity index is 866. The van der Waals surface area contributed by atoms with Crippen LogP contribution in [0.2, 0.25) is 0 Å². The summed E-state index contributed by atoms with van der Waals surface area (Å²) < 4.78 is 51.3. The highest BCUT2D eigenvalue weighted by molar-refractivity contribution is 5.89. The highest BCUT2D eigenvalue weighted by Gasteiger charge is 2.40. The number of amides is 2. The molecule has 2 atom stereocenters. The molecular weight excluding hydrogens is 377 g/mol. The first-order valence-electron chi connectivity index (χ1n) is 8.37. The van der Waals surface area contributed by atoms with Crippen molar-refractivity contribution >= 4 is 12.0 Å². The molecule has 1 saturated heterocycles. The van der Waals surface area contributed by atoms with Crippen molar-refractivity contribution in [1.82, 2.24) is 10.6 Å².